The number of rotatable bonds is 6. The van der Waals surface area contributed by atoms with Gasteiger partial charge in [0.05, 0.1) is 5.75 Å². The van der Waals surface area contributed by atoms with Crippen LogP contribution in [0.15, 0.2) is 40.3 Å². The van der Waals surface area contributed by atoms with Crippen LogP contribution in [0.1, 0.15) is 49.4 Å². The Labute approximate surface area is 173 Å². The molecule has 29 heavy (non-hydrogen) atoms. The molecule has 1 saturated carbocycles. The molecule has 1 aliphatic rings. The fourth-order valence-corrected chi connectivity index (χ4v) is 4.42. The number of aromatic nitrogens is 5. The number of amides is 1. The molecule has 0 bridgehead atoms. The Hall–Kier alpha value is -2.68. The number of aryl methyl sites for hydroxylation is 2. The quantitative estimate of drug-likeness (QED) is 0.620. The van der Waals surface area contributed by atoms with E-state index < -0.39 is 5.54 Å². The second kappa shape index (κ2) is 8.36. The summed E-state index contributed by atoms with van der Waals surface area (Å²) in [6, 6.07) is 8.10. The molecule has 8 nitrogen and oxygen atoms in total. The molecule has 1 fully saturated rings. The molecule has 1 aliphatic carbocycles. The number of nitrogens with zero attached hydrogens (tertiary/aromatic N) is 5. The van der Waals surface area contributed by atoms with Crippen molar-refractivity contribution in [1.82, 2.24) is 30.2 Å². The fourth-order valence-electron chi connectivity index (χ4n) is 3.69. The average molecular weight is 413 g/mol. The molecule has 0 saturated heterocycles. The minimum Gasteiger partial charge on any atom is -0.342 e. The number of carbonyl (C=O) groups is 1. The topological polar surface area (TPSA) is 98.7 Å². The Morgan fingerprint density at radius 3 is 2.66 bits per heavy atom. The van der Waals surface area contributed by atoms with Crippen molar-refractivity contribution in [3.8, 4) is 5.69 Å². The van der Waals surface area contributed by atoms with E-state index in [4.69, 9.17) is 4.52 Å². The highest BCUT2D eigenvalue weighted by molar-refractivity contribution is 7.99. The predicted octanol–water partition coefficient (Wildman–Crippen LogP) is 3.34. The van der Waals surface area contributed by atoms with Gasteiger partial charge in [0.15, 0.2) is 11.0 Å². The summed E-state index contributed by atoms with van der Waals surface area (Å²) in [4.78, 5) is 17.2. The van der Waals surface area contributed by atoms with E-state index >= 15 is 0 Å². The molecule has 0 aliphatic heterocycles. The third-order valence-electron chi connectivity index (χ3n) is 5.20. The van der Waals surface area contributed by atoms with E-state index in [1.807, 2.05) is 35.8 Å². The lowest BCUT2D eigenvalue weighted by molar-refractivity contribution is -0.121. The van der Waals surface area contributed by atoms with Crippen molar-refractivity contribution >= 4 is 17.7 Å². The van der Waals surface area contributed by atoms with Crippen molar-refractivity contribution in [2.24, 2.45) is 0 Å². The summed E-state index contributed by atoms with van der Waals surface area (Å²) >= 11 is 1.36. The van der Waals surface area contributed by atoms with Gasteiger partial charge in [0.25, 0.3) is 0 Å². The lowest BCUT2D eigenvalue weighted by Crippen LogP contribution is -2.48. The van der Waals surface area contributed by atoms with Crippen LogP contribution in [0.4, 0.5) is 0 Å². The first-order valence-electron chi connectivity index (χ1n) is 9.77. The van der Waals surface area contributed by atoms with Crippen molar-refractivity contribution in [1.29, 1.82) is 0 Å². The zero-order valence-corrected chi connectivity index (χ0v) is 17.4. The minimum absolute atomic E-state index is 0.0715. The first-order valence-corrected chi connectivity index (χ1v) is 10.8. The summed E-state index contributed by atoms with van der Waals surface area (Å²) in [5.41, 5.74) is 1.61. The van der Waals surface area contributed by atoms with Gasteiger partial charge in [0.1, 0.15) is 11.9 Å². The van der Waals surface area contributed by atoms with Crippen molar-refractivity contribution in [2.45, 2.75) is 56.6 Å². The van der Waals surface area contributed by atoms with E-state index in [1.165, 1.54) is 17.3 Å². The maximum atomic E-state index is 12.8. The highest BCUT2D eigenvalue weighted by Crippen LogP contribution is 2.35. The Morgan fingerprint density at radius 2 is 1.97 bits per heavy atom. The predicted molar refractivity (Wildman–Crippen MR) is 109 cm³/mol. The summed E-state index contributed by atoms with van der Waals surface area (Å²) in [7, 11) is 0. The lowest BCUT2D eigenvalue weighted by atomic mass is 9.81. The average Bonchev–Trinajstić information content (AvgIpc) is 3.37. The van der Waals surface area contributed by atoms with Gasteiger partial charge in [-0.3, -0.25) is 9.36 Å². The zero-order valence-electron chi connectivity index (χ0n) is 16.6. The van der Waals surface area contributed by atoms with Crippen LogP contribution in [0.25, 0.3) is 5.69 Å². The second-order valence-electron chi connectivity index (χ2n) is 7.44. The summed E-state index contributed by atoms with van der Waals surface area (Å²) in [5.74, 6) is 1.26. The Morgan fingerprint density at radius 1 is 1.21 bits per heavy atom. The Bertz CT molecular complexity index is 975. The van der Waals surface area contributed by atoms with Gasteiger partial charge in [0, 0.05) is 12.6 Å². The molecule has 0 spiro atoms. The van der Waals surface area contributed by atoms with E-state index in [0.717, 1.165) is 37.8 Å². The van der Waals surface area contributed by atoms with Gasteiger partial charge >= 0.3 is 0 Å². The van der Waals surface area contributed by atoms with Crippen molar-refractivity contribution in [3.05, 3.63) is 47.9 Å². The van der Waals surface area contributed by atoms with Crippen LogP contribution in [-0.2, 0) is 10.3 Å². The maximum Gasteiger partial charge on any atom is 0.231 e. The van der Waals surface area contributed by atoms with E-state index in [1.54, 1.807) is 13.3 Å². The number of hydrogen-bond acceptors (Lipinski definition) is 7. The van der Waals surface area contributed by atoms with E-state index in [-0.39, 0.29) is 11.7 Å². The molecule has 4 rings (SSSR count). The molecule has 0 radical (unpaired) electrons. The molecule has 2 heterocycles. The van der Waals surface area contributed by atoms with E-state index in [2.05, 4.69) is 25.7 Å². The van der Waals surface area contributed by atoms with Crippen molar-refractivity contribution in [3.63, 3.8) is 0 Å². The van der Waals surface area contributed by atoms with Crippen LogP contribution in [0, 0.1) is 13.8 Å². The smallest absolute Gasteiger partial charge is 0.231 e. The zero-order chi connectivity index (χ0) is 20.3. The summed E-state index contributed by atoms with van der Waals surface area (Å²) in [6.45, 7) is 3.81. The molecule has 9 heteroatoms. The number of carbonyl (C=O) groups excluding carboxylic acids is 1. The van der Waals surface area contributed by atoms with Crippen LogP contribution in [0.5, 0.6) is 0 Å². The molecular weight excluding hydrogens is 388 g/mol. The number of hydrogen-bond donors (Lipinski definition) is 1. The molecule has 1 aromatic carbocycles. The summed E-state index contributed by atoms with van der Waals surface area (Å²) in [6.07, 6.45) is 6.52. The highest BCUT2D eigenvalue weighted by Gasteiger charge is 2.39. The van der Waals surface area contributed by atoms with Crippen molar-refractivity contribution in [2.75, 3.05) is 5.75 Å². The summed E-state index contributed by atoms with van der Waals surface area (Å²) in [5, 5.41) is 16.1. The van der Waals surface area contributed by atoms with Crippen molar-refractivity contribution < 1.29 is 9.32 Å². The van der Waals surface area contributed by atoms with Crippen LogP contribution in [0.2, 0.25) is 0 Å². The van der Waals surface area contributed by atoms with Gasteiger partial charge in [-0.25, -0.2) is 0 Å². The lowest BCUT2D eigenvalue weighted by Gasteiger charge is -2.35. The maximum absolute atomic E-state index is 12.8. The van der Waals surface area contributed by atoms with E-state index in [9.17, 15) is 4.79 Å². The standard InChI is InChI=1S/C20H24N6O2S/c1-14-6-8-16(9-7-14)26-13-21-24-19(26)29-12-17(27)23-20(10-4-3-5-11-20)18-22-15(2)28-25-18/h6-9,13H,3-5,10-12H2,1-2H3,(H,23,27). The number of nitrogens with one attached hydrogen (secondary N) is 1. The molecule has 1 amide bonds. The van der Waals surface area contributed by atoms with Gasteiger partial charge in [-0.2, -0.15) is 4.98 Å². The third kappa shape index (κ3) is 4.34. The van der Waals surface area contributed by atoms with Gasteiger partial charge in [0.2, 0.25) is 11.8 Å². The highest BCUT2D eigenvalue weighted by atomic mass is 32.2. The van der Waals surface area contributed by atoms with Crippen LogP contribution in [0.3, 0.4) is 0 Å². The first kappa shape index (κ1) is 19.6. The molecule has 2 aromatic heterocycles. The molecule has 0 unspecified atom stereocenters. The first-order chi connectivity index (χ1) is 14.1. The minimum atomic E-state index is -0.543. The van der Waals surface area contributed by atoms with Gasteiger partial charge in [-0.1, -0.05) is 53.9 Å². The molecular formula is C20H24N6O2S. The second-order valence-corrected chi connectivity index (χ2v) is 8.38. The molecule has 152 valence electrons. The fraction of sp³-hybridized carbons (Fsp3) is 0.450. The van der Waals surface area contributed by atoms with Crippen LogP contribution in [-0.4, -0.2) is 36.6 Å². The Balaban J connectivity index is 1.45. The number of benzene rings is 1. The van der Waals surface area contributed by atoms with E-state index in [0.29, 0.717) is 16.9 Å². The largest absolute Gasteiger partial charge is 0.342 e. The molecule has 1 N–H and O–H groups in total. The Kier molecular flexibility index (Phi) is 5.66. The normalized spacial score (nSPS) is 15.9. The summed E-state index contributed by atoms with van der Waals surface area (Å²) < 4.78 is 7.06. The van der Waals surface area contributed by atoms with Gasteiger partial charge in [-0.15, -0.1) is 10.2 Å². The van der Waals surface area contributed by atoms with Gasteiger partial charge in [-0.05, 0) is 31.9 Å². The third-order valence-corrected chi connectivity index (χ3v) is 6.15. The number of thioether (sulfide) groups is 1. The molecule has 3 aromatic rings. The van der Waals surface area contributed by atoms with Crippen LogP contribution >= 0.6 is 11.8 Å². The van der Waals surface area contributed by atoms with Gasteiger partial charge < -0.3 is 9.84 Å². The SMILES string of the molecule is Cc1ccc(-n2cnnc2SCC(=O)NC2(c3noc(C)n3)CCCCC2)cc1. The van der Waals surface area contributed by atoms with Crippen LogP contribution < -0.4 is 5.32 Å². The monoisotopic (exact) mass is 412 g/mol. The molecule has 0 atom stereocenters.